The Bertz CT molecular complexity index is 1410. The van der Waals surface area contributed by atoms with Crippen molar-refractivity contribution in [2.24, 2.45) is 0 Å². The molecule has 0 unspecified atom stereocenters. The second kappa shape index (κ2) is 13.1. The molecule has 0 fully saturated rings. The molecule has 3 aromatic carbocycles. The van der Waals surface area contributed by atoms with Crippen molar-refractivity contribution in [1.29, 1.82) is 0 Å². The number of hydrogen-bond donors (Lipinski definition) is 1. The van der Waals surface area contributed by atoms with E-state index in [2.05, 4.69) is 5.32 Å². The van der Waals surface area contributed by atoms with Gasteiger partial charge >= 0.3 is 0 Å². The maximum absolute atomic E-state index is 14.1. The van der Waals surface area contributed by atoms with Crippen molar-refractivity contribution in [3.05, 3.63) is 94.5 Å². The molecule has 0 radical (unpaired) electrons. The highest BCUT2D eigenvalue weighted by Gasteiger charge is 2.34. The number of nitrogens with one attached hydrogen (secondary N) is 1. The molecule has 0 bridgehead atoms. The molecule has 3 rings (SSSR count). The van der Waals surface area contributed by atoms with Crippen LogP contribution in [-0.4, -0.2) is 43.8 Å². The monoisotopic (exact) mass is 569 g/mol. The molecule has 0 aliphatic rings. The molecule has 0 aliphatic carbocycles. The number of aryl methyl sites for hydroxylation is 2. The van der Waals surface area contributed by atoms with E-state index in [1.165, 1.54) is 17.0 Å². The van der Waals surface area contributed by atoms with Crippen LogP contribution in [0, 0.1) is 13.8 Å². The van der Waals surface area contributed by atoms with Crippen LogP contribution in [0.3, 0.4) is 0 Å². The number of amides is 2. The predicted octanol–water partition coefficient (Wildman–Crippen LogP) is 5.48. The molecule has 208 valence electrons. The summed E-state index contributed by atoms with van der Waals surface area (Å²) in [7, 11) is -4.15. The highest BCUT2D eigenvalue weighted by atomic mass is 35.5. The molecule has 0 aliphatic heterocycles. The lowest BCUT2D eigenvalue weighted by Crippen LogP contribution is -2.53. The van der Waals surface area contributed by atoms with Crippen LogP contribution in [0.2, 0.25) is 5.02 Å². The SMILES string of the molecule is CC[C@H](C(=O)NC(C)C)N(Cc1ccccc1C)C(=O)CN(c1cc(Cl)ccc1C)S(=O)(=O)c1ccccc1. The number of anilines is 1. The number of halogens is 1. The lowest BCUT2D eigenvalue weighted by Gasteiger charge is -2.34. The zero-order valence-corrected chi connectivity index (χ0v) is 24.6. The summed E-state index contributed by atoms with van der Waals surface area (Å²) < 4.78 is 28.9. The third-order valence-corrected chi connectivity index (χ3v) is 8.48. The Morgan fingerprint density at radius 3 is 2.18 bits per heavy atom. The van der Waals surface area contributed by atoms with Gasteiger partial charge in [0, 0.05) is 17.6 Å². The van der Waals surface area contributed by atoms with Crippen molar-refractivity contribution < 1.29 is 18.0 Å². The number of nitrogens with zero attached hydrogens (tertiary/aromatic N) is 2. The van der Waals surface area contributed by atoms with Crippen molar-refractivity contribution in [3.8, 4) is 0 Å². The first-order valence-corrected chi connectivity index (χ1v) is 14.8. The molecule has 0 spiro atoms. The summed E-state index contributed by atoms with van der Waals surface area (Å²) in [5, 5.41) is 3.25. The smallest absolute Gasteiger partial charge is 0.264 e. The highest BCUT2D eigenvalue weighted by molar-refractivity contribution is 7.92. The maximum Gasteiger partial charge on any atom is 0.264 e. The Morgan fingerprint density at radius 1 is 0.923 bits per heavy atom. The minimum atomic E-state index is -4.15. The molecule has 0 aromatic heterocycles. The first kappa shape index (κ1) is 30.2. The van der Waals surface area contributed by atoms with Gasteiger partial charge in [-0.05, 0) is 75.1 Å². The van der Waals surface area contributed by atoms with Crippen molar-refractivity contribution in [2.45, 2.75) is 64.6 Å². The molecule has 1 N–H and O–H groups in total. The summed E-state index contributed by atoms with van der Waals surface area (Å²) in [6.45, 7) is 8.90. The Balaban J connectivity index is 2.11. The van der Waals surface area contributed by atoms with Crippen LogP contribution in [0.25, 0.3) is 0 Å². The van der Waals surface area contributed by atoms with E-state index >= 15 is 0 Å². The van der Waals surface area contributed by atoms with Crippen LogP contribution in [0.1, 0.15) is 43.9 Å². The van der Waals surface area contributed by atoms with Gasteiger partial charge in [0.05, 0.1) is 10.6 Å². The Hall–Kier alpha value is -3.36. The van der Waals surface area contributed by atoms with E-state index < -0.39 is 28.5 Å². The van der Waals surface area contributed by atoms with E-state index in [-0.39, 0.29) is 23.4 Å². The third-order valence-electron chi connectivity index (χ3n) is 6.47. The average molecular weight is 570 g/mol. The molecular weight excluding hydrogens is 534 g/mol. The number of hydrogen-bond acceptors (Lipinski definition) is 4. The van der Waals surface area contributed by atoms with Crippen LogP contribution < -0.4 is 9.62 Å². The molecule has 1 atom stereocenters. The largest absolute Gasteiger partial charge is 0.352 e. The van der Waals surface area contributed by atoms with Crippen LogP contribution in [0.4, 0.5) is 5.69 Å². The average Bonchev–Trinajstić information content (AvgIpc) is 2.89. The van der Waals surface area contributed by atoms with Gasteiger partial charge in [0.25, 0.3) is 10.0 Å². The summed E-state index contributed by atoms with van der Waals surface area (Å²) in [6, 6.07) is 19.6. The number of benzene rings is 3. The van der Waals surface area contributed by atoms with E-state index in [1.54, 1.807) is 43.3 Å². The fraction of sp³-hybridized carbons (Fsp3) is 0.333. The highest BCUT2D eigenvalue weighted by Crippen LogP contribution is 2.30. The molecule has 39 heavy (non-hydrogen) atoms. The van der Waals surface area contributed by atoms with E-state index in [9.17, 15) is 18.0 Å². The summed E-state index contributed by atoms with van der Waals surface area (Å²) in [6.07, 6.45) is 0.359. The first-order chi connectivity index (χ1) is 18.4. The van der Waals surface area contributed by atoms with Gasteiger partial charge in [-0.2, -0.15) is 0 Å². The van der Waals surface area contributed by atoms with Crippen LogP contribution >= 0.6 is 11.6 Å². The van der Waals surface area contributed by atoms with Gasteiger partial charge < -0.3 is 10.2 Å². The van der Waals surface area contributed by atoms with Crippen molar-refractivity contribution in [1.82, 2.24) is 10.2 Å². The minimum absolute atomic E-state index is 0.0484. The van der Waals surface area contributed by atoms with Gasteiger partial charge in [0.1, 0.15) is 12.6 Å². The van der Waals surface area contributed by atoms with E-state index in [1.807, 2.05) is 52.0 Å². The van der Waals surface area contributed by atoms with Crippen molar-refractivity contribution in [3.63, 3.8) is 0 Å². The van der Waals surface area contributed by atoms with E-state index in [0.29, 0.717) is 22.7 Å². The van der Waals surface area contributed by atoms with Crippen LogP contribution in [0.15, 0.2) is 77.7 Å². The number of rotatable bonds is 11. The predicted molar refractivity (Wildman–Crippen MR) is 156 cm³/mol. The summed E-state index contributed by atoms with van der Waals surface area (Å²) in [4.78, 5) is 28.9. The third kappa shape index (κ3) is 7.40. The van der Waals surface area contributed by atoms with Gasteiger partial charge in [-0.25, -0.2) is 8.42 Å². The maximum atomic E-state index is 14.1. The lowest BCUT2D eigenvalue weighted by atomic mass is 10.1. The normalized spacial score (nSPS) is 12.2. The fourth-order valence-electron chi connectivity index (χ4n) is 4.36. The van der Waals surface area contributed by atoms with E-state index in [0.717, 1.165) is 15.4 Å². The molecule has 7 nitrogen and oxygen atoms in total. The summed E-state index contributed by atoms with van der Waals surface area (Å²) in [5.41, 5.74) is 2.78. The second-order valence-corrected chi connectivity index (χ2v) is 12.1. The topological polar surface area (TPSA) is 86.8 Å². The van der Waals surface area contributed by atoms with E-state index in [4.69, 9.17) is 11.6 Å². The number of sulfonamides is 1. The molecule has 9 heteroatoms. The fourth-order valence-corrected chi connectivity index (χ4v) is 6.01. The first-order valence-electron chi connectivity index (χ1n) is 12.9. The standard InChI is InChI=1S/C30H36ClN3O4S/c1-6-27(30(36)32-21(2)3)33(19-24-13-11-10-12-22(24)4)29(35)20-34(28-18-25(31)17-16-23(28)5)39(37,38)26-14-8-7-9-15-26/h7-18,21,27H,6,19-20H2,1-5H3,(H,32,36)/t27-/m1/s1. The van der Waals surface area contributed by atoms with Gasteiger partial charge in [0.15, 0.2) is 0 Å². The lowest BCUT2D eigenvalue weighted by molar-refractivity contribution is -0.140. The number of carbonyl (C=O) groups excluding carboxylic acids is 2. The quantitative estimate of drug-likeness (QED) is 0.331. The number of carbonyl (C=O) groups is 2. The Labute approximate surface area is 236 Å². The van der Waals surface area contributed by atoms with Gasteiger partial charge in [-0.15, -0.1) is 0 Å². The van der Waals surface area contributed by atoms with Crippen LogP contribution in [-0.2, 0) is 26.2 Å². The summed E-state index contributed by atoms with van der Waals surface area (Å²) in [5.74, 6) is -0.784. The molecule has 0 heterocycles. The summed E-state index contributed by atoms with van der Waals surface area (Å²) >= 11 is 6.27. The molecule has 0 saturated heterocycles. The Kier molecular flexibility index (Phi) is 10.2. The zero-order valence-electron chi connectivity index (χ0n) is 23.0. The minimum Gasteiger partial charge on any atom is -0.352 e. The van der Waals surface area contributed by atoms with Crippen LogP contribution in [0.5, 0.6) is 0 Å². The molecular formula is C30H36ClN3O4S. The zero-order chi connectivity index (χ0) is 28.7. The van der Waals surface area contributed by atoms with Crippen molar-refractivity contribution >= 4 is 39.1 Å². The molecule has 3 aromatic rings. The van der Waals surface area contributed by atoms with Gasteiger partial charge in [-0.3, -0.25) is 13.9 Å². The van der Waals surface area contributed by atoms with Gasteiger partial charge in [0.2, 0.25) is 11.8 Å². The van der Waals surface area contributed by atoms with Crippen molar-refractivity contribution in [2.75, 3.05) is 10.8 Å². The molecule has 2 amide bonds. The Morgan fingerprint density at radius 2 is 1.56 bits per heavy atom. The second-order valence-electron chi connectivity index (χ2n) is 9.79. The van der Waals surface area contributed by atoms with Gasteiger partial charge in [-0.1, -0.05) is 67.1 Å². The molecule has 0 saturated carbocycles.